The summed E-state index contributed by atoms with van der Waals surface area (Å²) in [5, 5.41) is 5.08. The van der Waals surface area contributed by atoms with Crippen LogP contribution in [0.3, 0.4) is 0 Å². The topological polar surface area (TPSA) is 59.9 Å². The lowest BCUT2D eigenvalue weighted by Crippen LogP contribution is -2.19. The van der Waals surface area contributed by atoms with Crippen molar-refractivity contribution >= 4 is 51.3 Å². The van der Waals surface area contributed by atoms with Gasteiger partial charge in [-0.05, 0) is 51.7 Å². The quantitative estimate of drug-likeness (QED) is 0.375. The number of methoxy groups -OCH3 is 1. The first kappa shape index (κ1) is 22.5. The molecule has 0 unspecified atom stereocenters. The van der Waals surface area contributed by atoms with Gasteiger partial charge in [-0.15, -0.1) is 0 Å². The van der Waals surface area contributed by atoms with Crippen LogP contribution in [0.5, 0.6) is 11.5 Å². The van der Waals surface area contributed by atoms with E-state index in [-0.39, 0.29) is 18.4 Å². The smallest absolute Gasteiger partial charge is 0.240 e. The normalized spacial score (nSPS) is 11.1. The summed E-state index contributed by atoms with van der Waals surface area (Å²) < 4.78 is 12.0. The van der Waals surface area contributed by atoms with E-state index in [2.05, 4.69) is 26.5 Å². The average Bonchev–Trinajstić information content (AvgIpc) is 2.61. The van der Waals surface area contributed by atoms with E-state index in [9.17, 15) is 4.79 Å². The number of hydrogen-bond donors (Lipinski definition) is 1. The molecule has 0 spiro atoms. The summed E-state index contributed by atoms with van der Waals surface area (Å²) in [5.41, 5.74) is 4.05. The first-order valence-corrected chi connectivity index (χ1v) is 10.1. The lowest BCUT2D eigenvalue weighted by molar-refractivity contribution is -0.121. The van der Waals surface area contributed by atoms with Gasteiger partial charge < -0.3 is 9.47 Å². The van der Waals surface area contributed by atoms with E-state index in [1.807, 2.05) is 26.0 Å². The van der Waals surface area contributed by atoms with Gasteiger partial charge in [0.1, 0.15) is 6.61 Å². The van der Waals surface area contributed by atoms with Gasteiger partial charge >= 0.3 is 0 Å². The molecule has 1 amide bonds. The predicted molar refractivity (Wildman–Crippen MR) is 117 cm³/mol. The molecule has 0 radical (unpaired) electrons. The Hall–Kier alpha value is -1.76. The molecule has 8 heteroatoms. The molecule has 28 heavy (non-hydrogen) atoms. The van der Waals surface area contributed by atoms with Gasteiger partial charge in [-0.25, -0.2) is 5.43 Å². The van der Waals surface area contributed by atoms with E-state index in [0.29, 0.717) is 32.4 Å². The molecule has 0 aliphatic heterocycles. The highest BCUT2D eigenvalue weighted by atomic mass is 79.9. The van der Waals surface area contributed by atoms with Gasteiger partial charge in [0.05, 0.1) is 17.8 Å². The highest BCUT2D eigenvalue weighted by molar-refractivity contribution is 9.10. The van der Waals surface area contributed by atoms with Crippen LogP contribution in [0.15, 0.2) is 39.9 Å². The van der Waals surface area contributed by atoms with Gasteiger partial charge in [0.15, 0.2) is 11.5 Å². The monoisotopic (exact) mass is 486 g/mol. The molecule has 0 aromatic heterocycles. The molecule has 2 aromatic rings. The molecule has 0 aliphatic carbocycles. The Balaban J connectivity index is 2.11. The lowest BCUT2D eigenvalue weighted by Gasteiger charge is -2.14. The molecule has 2 aromatic carbocycles. The van der Waals surface area contributed by atoms with Crippen LogP contribution in [0.1, 0.15) is 31.4 Å². The number of carbonyl (C=O) groups excluding carboxylic acids is 1. The Bertz CT molecular complexity index is 873. The minimum Gasteiger partial charge on any atom is -0.493 e. The molecule has 0 heterocycles. The van der Waals surface area contributed by atoms with E-state index in [4.69, 9.17) is 32.7 Å². The third-order valence-corrected chi connectivity index (χ3v) is 4.81. The maximum absolute atomic E-state index is 11.7. The van der Waals surface area contributed by atoms with Crippen molar-refractivity contribution in [1.29, 1.82) is 0 Å². The third kappa shape index (κ3) is 6.69. The molecule has 2 rings (SSSR count). The molecular formula is C20H21BrCl2N2O3. The van der Waals surface area contributed by atoms with E-state index in [1.54, 1.807) is 31.5 Å². The van der Waals surface area contributed by atoms with Crippen molar-refractivity contribution in [1.82, 2.24) is 5.43 Å². The summed E-state index contributed by atoms with van der Waals surface area (Å²) in [6, 6.07) is 8.82. The highest BCUT2D eigenvalue weighted by Crippen LogP contribution is 2.37. The Morgan fingerprint density at radius 1 is 1.29 bits per heavy atom. The summed E-state index contributed by atoms with van der Waals surface area (Å²) in [6.07, 6.45) is 1.97. The zero-order valence-electron chi connectivity index (χ0n) is 15.8. The standard InChI is InChI=1S/C20H21BrCl2N2O3/c1-12(2)6-19(26)25-24-10-13-7-16(21)20(18(8-13)27-3)28-11-14-4-5-15(22)9-17(14)23/h4-5,7-10,12H,6,11H2,1-3H3,(H,25,26)/b24-10-. The largest absolute Gasteiger partial charge is 0.493 e. The van der Waals surface area contributed by atoms with Crippen molar-refractivity contribution in [3.63, 3.8) is 0 Å². The summed E-state index contributed by atoms with van der Waals surface area (Å²) in [4.78, 5) is 11.7. The summed E-state index contributed by atoms with van der Waals surface area (Å²) >= 11 is 15.6. The van der Waals surface area contributed by atoms with E-state index >= 15 is 0 Å². The maximum Gasteiger partial charge on any atom is 0.240 e. The van der Waals surface area contributed by atoms with Gasteiger partial charge in [-0.1, -0.05) is 43.1 Å². The number of nitrogens with one attached hydrogen (secondary N) is 1. The minimum atomic E-state index is -0.128. The fourth-order valence-corrected chi connectivity index (χ4v) is 3.38. The molecule has 0 atom stereocenters. The van der Waals surface area contributed by atoms with Crippen LogP contribution in [0.2, 0.25) is 10.0 Å². The molecule has 0 bridgehead atoms. The second-order valence-electron chi connectivity index (χ2n) is 6.45. The molecule has 150 valence electrons. The van der Waals surface area contributed by atoms with Crippen molar-refractivity contribution in [2.75, 3.05) is 7.11 Å². The lowest BCUT2D eigenvalue weighted by atomic mass is 10.1. The van der Waals surface area contributed by atoms with Gasteiger partial charge in [0, 0.05) is 22.0 Å². The fraction of sp³-hybridized carbons (Fsp3) is 0.300. The van der Waals surface area contributed by atoms with Gasteiger partial charge in [-0.3, -0.25) is 4.79 Å². The molecule has 0 saturated carbocycles. The summed E-state index contributed by atoms with van der Waals surface area (Å²) in [6.45, 7) is 4.20. The number of carbonyl (C=O) groups is 1. The van der Waals surface area contributed by atoms with Gasteiger partial charge in [-0.2, -0.15) is 5.10 Å². The average molecular weight is 488 g/mol. The predicted octanol–water partition coefficient (Wildman–Crippen LogP) is 5.84. The van der Waals surface area contributed by atoms with Crippen LogP contribution in [0.4, 0.5) is 0 Å². The molecule has 0 aliphatic rings. The Kier molecular flexibility index (Phi) is 8.60. The molecule has 5 nitrogen and oxygen atoms in total. The number of halogens is 3. The zero-order valence-corrected chi connectivity index (χ0v) is 18.9. The first-order valence-electron chi connectivity index (χ1n) is 8.56. The number of nitrogens with zero attached hydrogens (tertiary/aromatic N) is 1. The first-order chi connectivity index (χ1) is 13.3. The van der Waals surface area contributed by atoms with Crippen molar-refractivity contribution in [3.05, 3.63) is 56.0 Å². The Labute approximate surface area is 183 Å². The molecule has 0 fully saturated rings. The van der Waals surface area contributed by atoms with E-state index in [1.165, 1.54) is 0 Å². The summed E-state index contributed by atoms with van der Waals surface area (Å²) in [5.74, 6) is 1.20. The second-order valence-corrected chi connectivity index (χ2v) is 8.15. The minimum absolute atomic E-state index is 0.128. The van der Waals surface area contributed by atoms with E-state index < -0.39 is 0 Å². The zero-order chi connectivity index (χ0) is 20.7. The van der Waals surface area contributed by atoms with Crippen LogP contribution < -0.4 is 14.9 Å². The SMILES string of the molecule is COc1cc(/C=N\NC(=O)CC(C)C)cc(Br)c1OCc1ccc(Cl)cc1Cl. The number of ether oxygens (including phenoxy) is 2. The van der Waals surface area contributed by atoms with Crippen LogP contribution in [-0.2, 0) is 11.4 Å². The Morgan fingerprint density at radius 2 is 2.04 bits per heavy atom. The van der Waals surface area contributed by atoms with Crippen molar-refractivity contribution in [2.45, 2.75) is 26.9 Å². The third-order valence-electron chi connectivity index (χ3n) is 3.64. The number of rotatable bonds is 8. The maximum atomic E-state index is 11.7. The number of amides is 1. The van der Waals surface area contributed by atoms with Gasteiger partial charge in [0.2, 0.25) is 5.91 Å². The van der Waals surface area contributed by atoms with Crippen LogP contribution in [-0.4, -0.2) is 19.2 Å². The van der Waals surface area contributed by atoms with Crippen LogP contribution >= 0.6 is 39.1 Å². The van der Waals surface area contributed by atoms with Crippen molar-refractivity contribution in [2.24, 2.45) is 11.0 Å². The number of benzene rings is 2. The molecular weight excluding hydrogens is 467 g/mol. The van der Waals surface area contributed by atoms with Crippen LogP contribution in [0.25, 0.3) is 0 Å². The fourth-order valence-electron chi connectivity index (χ4n) is 2.34. The van der Waals surface area contributed by atoms with Gasteiger partial charge in [0.25, 0.3) is 0 Å². The molecule has 1 N–H and O–H groups in total. The number of hydrazone groups is 1. The van der Waals surface area contributed by atoms with Crippen molar-refractivity contribution < 1.29 is 14.3 Å². The Morgan fingerprint density at radius 3 is 2.68 bits per heavy atom. The van der Waals surface area contributed by atoms with Crippen molar-refractivity contribution in [3.8, 4) is 11.5 Å². The highest BCUT2D eigenvalue weighted by Gasteiger charge is 2.13. The van der Waals surface area contributed by atoms with Crippen LogP contribution in [0, 0.1) is 5.92 Å². The number of hydrogen-bond acceptors (Lipinski definition) is 4. The molecule has 0 saturated heterocycles. The second kappa shape index (κ2) is 10.7. The summed E-state index contributed by atoms with van der Waals surface area (Å²) in [7, 11) is 1.55. The van der Waals surface area contributed by atoms with E-state index in [0.717, 1.165) is 11.1 Å².